The third kappa shape index (κ3) is 11.5. The summed E-state index contributed by atoms with van der Waals surface area (Å²) in [7, 11) is 0. The van der Waals surface area contributed by atoms with Crippen LogP contribution in [0.2, 0.25) is 0 Å². The van der Waals surface area contributed by atoms with Crippen molar-refractivity contribution in [3.63, 3.8) is 0 Å². The van der Waals surface area contributed by atoms with Crippen LogP contribution in [0.15, 0.2) is 72.8 Å². The summed E-state index contributed by atoms with van der Waals surface area (Å²) < 4.78 is 3.53. The van der Waals surface area contributed by atoms with Crippen molar-refractivity contribution in [2.45, 2.75) is 35.4 Å². The van der Waals surface area contributed by atoms with E-state index in [1.807, 2.05) is 80.6 Å². The van der Waals surface area contributed by atoms with Gasteiger partial charge < -0.3 is 9.47 Å². The Labute approximate surface area is 382 Å². The number of fused-ring (bicyclic) bond motifs is 2. The van der Waals surface area contributed by atoms with Gasteiger partial charge in [0.15, 0.2) is 34.9 Å². The molecule has 0 N–H and O–H groups in total. The minimum absolute atomic E-state index is 0.127. The van der Waals surface area contributed by atoms with Gasteiger partial charge in [-0.3, -0.25) is 0 Å². The summed E-state index contributed by atoms with van der Waals surface area (Å²) in [5.41, 5.74) is 2.49. The van der Waals surface area contributed by atoms with Gasteiger partial charge in [-0.25, -0.2) is 29.9 Å². The first-order valence-corrected chi connectivity index (χ1v) is 20.8. The second-order valence-corrected chi connectivity index (χ2v) is 20.6. The van der Waals surface area contributed by atoms with Crippen LogP contribution in [0.25, 0.3) is 44.3 Å². The summed E-state index contributed by atoms with van der Waals surface area (Å²) in [4.78, 5) is 25.2. The molecule has 4 aromatic carbocycles. The molecular formula is C36H26Cl12N6O2. The summed E-state index contributed by atoms with van der Waals surface area (Å²) >= 11 is 71.7. The lowest BCUT2D eigenvalue weighted by atomic mass is 9.97. The highest BCUT2D eigenvalue weighted by atomic mass is 35.6. The molecule has 2 heterocycles. The molecule has 6 aromatic rings. The summed E-state index contributed by atoms with van der Waals surface area (Å²) in [5.74, 6) is 0.654. The van der Waals surface area contributed by atoms with Gasteiger partial charge in [-0.2, -0.15) is 0 Å². The average Bonchev–Trinajstić information content (AvgIpc) is 3.13. The highest BCUT2D eigenvalue weighted by molar-refractivity contribution is 6.68. The number of aromatic nitrogens is 6. The fourth-order valence-electron chi connectivity index (χ4n) is 5.35. The Kier molecular flexibility index (Phi) is 15.5. The third-order valence-electron chi connectivity index (χ3n) is 7.68. The molecule has 0 radical (unpaired) electrons. The molecule has 0 atom stereocenters. The molecule has 0 amide bonds. The molecule has 6 rings (SSSR count). The summed E-state index contributed by atoms with van der Waals surface area (Å²) in [5, 5.41) is 3.66. The van der Waals surface area contributed by atoms with Crippen LogP contribution in [0.5, 0.6) is 5.75 Å². The minimum Gasteiger partial charge on any atom is -0.493 e. The van der Waals surface area contributed by atoms with Gasteiger partial charge in [0.25, 0.3) is 0 Å². The maximum Gasteiger partial charge on any atom is 0.250 e. The molecule has 0 saturated heterocycles. The van der Waals surface area contributed by atoms with E-state index in [9.17, 15) is 0 Å². The van der Waals surface area contributed by atoms with E-state index in [0.717, 1.165) is 39.3 Å². The molecule has 20 heteroatoms. The standard InChI is InChI=1S/C19H15Cl6N3O.C17H11Cl6N3O/c1-2-29-10-9-11-7-8-14(13-6-4-3-5-12(11)13)15-26-16(18(20,21)22)28-17(27-15)19(23,24)25;1-2-27-12-8-7-11(9-5-3-4-6-10(9)12)13-24-14(16(18,19)20)26-15(25-13)17(21,22)23/h3-8H,2,9-10H2,1H3;3-8H,2H2,1H3. The zero-order chi connectivity index (χ0) is 41.1. The first-order chi connectivity index (χ1) is 26.2. The predicted molar refractivity (Wildman–Crippen MR) is 234 cm³/mol. The molecule has 0 aliphatic rings. The van der Waals surface area contributed by atoms with Crippen molar-refractivity contribution in [1.29, 1.82) is 0 Å². The first-order valence-electron chi connectivity index (χ1n) is 16.3. The molecule has 0 bridgehead atoms. The zero-order valence-electron chi connectivity index (χ0n) is 28.8. The van der Waals surface area contributed by atoms with Gasteiger partial charge in [0.2, 0.25) is 15.2 Å². The monoisotopic (exact) mass is 994 g/mol. The molecule has 56 heavy (non-hydrogen) atoms. The SMILES string of the molecule is CCOCCc1ccc(-c2nc(C(Cl)(Cl)Cl)nc(C(Cl)(Cl)Cl)n2)c2ccccc12.CCOc1ccc(-c2nc(C(Cl)(Cl)Cl)nc(C(Cl)(Cl)Cl)n2)c2ccccc12. The van der Waals surface area contributed by atoms with Crippen LogP contribution in [0.1, 0.15) is 42.7 Å². The van der Waals surface area contributed by atoms with Crippen molar-refractivity contribution in [1.82, 2.24) is 29.9 Å². The number of hydrogen-bond acceptors (Lipinski definition) is 8. The lowest BCUT2D eigenvalue weighted by Crippen LogP contribution is -2.16. The van der Waals surface area contributed by atoms with Crippen molar-refractivity contribution in [3.05, 3.63) is 102 Å². The summed E-state index contributed by atoms with van der Waals surface area (Å²) in [6.45, 7) is 5.70. The van der Waals surface area contributed by atoms with Crippen molar-refractivity contribution in [2.75, 3.05) is 19.8 Å². The number of nitrogens with zero attached hydrogens (tertiary/aromatic N) is 6. The van der Waals surface area contributed by atoms with E-state index in [4.69, 9.17) is 149 Å². The van der Waals surface area contributed by atoms with E-state index < -0.39 is 15.2 Å². The van der Waals surface area contributed by atoms with E-state index in [1.165, 1.54) is 0 Å². The third-order valence-corrected chi connectivity index (χ3v) is 9.71. The highest BCUT2D eigenvalue weighted by Crippen LogP contribution is 2.43. The molecule has 0 unspecified atom stereocenters. The molecule has 8 nitrogen and oxygen atoms in total. The van der Waals surface area contributed by atoms with Crippen molar-refractivity contribution < 1.29 is 9.47 Å². The van der Waals surface area contributed by atoms with Crippen LogP contribution in [-0.2, 0) is 26.3 Å². The molecule has 296 valence electrons. The average molecular weight is 1000 g/mol. The Morgan fingerprint density at radius 2 is 0.839 bits per heavy atom. The topological polar surface area (TPSA) is 95.8 Å². The van der Waals surface area contributed by atoms with E-state index in [-0.39, 0.29) is 34.9 Å². The van der Waals surface area contributed by atoms with Crippen molar-refractivity contribution in [2.24, 2.45) is 0 Å². The number of hydrogen-bond donors (Lipinski definition) is 0. The lowest BCUT2D eigenvalue weighted by molar-refractivity contribution is 0.151. The molecule has 0 aliphatic heterocycles. The van der Waals surface area contributed by atoms with E-state index in [1.54, 1.807) is 6.07 Å². The lowest BCUT2D eigenvalue weighted by Gasteiger charge is -2.17. The fraction of sp³-hybridized carbons (Fsp3) is 0.278. The minimum atomic E-state index is -1.91. The van der Waals surface area contributed by atoms with Crippen LogP contribution < -0.4 is 4.74 Å². The van der Waals surface area contributed by atoms with Crippen LogP contribution in [0.3, 0.4) is 0 Å². The second-order valence-electron chi connectivity index (χ2n) is 11.5. The molecule has 0 spiro atoms. The van der Waals surface area contributed by atoms with Crippen molar-refractivity contribution in [3.8, 4) is 28.5 Å². The Hall–Kier alpha value is -1.34. The first kappa shape index (κ1) is 45.7. The maximum absolute atomic E-state index is 5.99. The predicted octanol–water partition coefficient (Wildman–Crippen LogP) is 13.7. The zero-order valence-corrected chi connectivity index (χ0v) is 37.9. The Balaban J connectivity index is 0.000000215. The smallest absolute Gasteiger partial charge is 0.250 e. The number of rotatable bonds is 8. The Bertz CT molecular complexity index is 2260. The molecular weight excluding hydrogens is 974 g/mol. The quantitative estimate of drug-likeness (QED) is 0.110. The number of benzene rings is 4. The van der Waals surface area contributed by atoms with E-state index in [0.29, 0.717) is 30.9 Å². The van der Waals surface area contributed by atoms with E-state index in [2.05, 4.69) is 29.9 Å². The number of alkyl halides is 12. The molecule has 0 saturated carbocycles. The van der Waals surface area contributed by atoms with E-state index >= 15 is 0 Å². The van der Waals surface area contributed by atoms with Crippen LogP contribution in [0.4, 0.5) is 0 Å². The molecule has 0 aliphatic carbocycles. The van der Waals surface area contributed by atoms with Gasteiger partial charge in [0, 0.05) is 23.1 Å². The van der Waals surface area contributed by atoms with Gasteiger partial charge >= 0.3 is 0 Å². The Morgan fingerprint density at radius 1 is 0.446 bits per heavy atom. The summed E-state index contributed by atoms with van der Waals surface area (Å²) in [6.07, 6.45) is 0.768. The van der Waals surface area contributed by atoms with Crippen LogP contribution in [-0.4, -0.2) is 49.7 Å². The Morgan fingerprint density at radius 3 is 1.25 bits per heavy atom. The number of ether oxygens (including phenoxy) is 2. The van der Waals surface area contributed by atoms with Crippen molar-refractivity contribution >= 4 is 161 Å². The highest BCUT2D eigenvalue weighted by Gasteiger charge is 2.35. The van der Waals surface area contributed by atoms with Gasteiger partial charge in [-0.1, -0.05) is 200 Å². The largest absolute Gasteiger partial charge is 0.493 e. The van der Waals surface area contributed by atoms with Gasteiger partial charge in [-0.05, 0) is 54.1 Å². The molecule has 2 aromatic heterocycles. The van der Waals surface area contributed by atoms with Crippen LogP contribution >= 0.6 is 139 Å². The van der Waals surface area contributed by atoms with Gasteiger partial charge in [0.1, 0.15) is 5.75 Å². The number of halogens is 12. The van der Waals surface area contributed by atoms with Gasteiger partial charge in [0.05, 0.1) is 13.2 Å². The van der Waals surface area contributed by atoms with Gasteiger partial charge in [-0.15, -0.1) is 0 Å². The fourth-order valence-corrected chi connectivity index (χ4v) is 6.36. The second kappa shape index (κ2) is 18.9. The van der Waals surface area contributed by atoms with Crippen LogP contribution in [0, 0.1) is 0 Å². The maximum atomic E-state index is 5.99. The molecule has 0 fully saturated rings. The normalized spacial score (nSPS) is 12.5. The summed E-state index contributed by atoms with van der Waals surface area (Å²) in [6, 6.07) is 23.0.